The largest absolute Gasteiger partial charge is 0.379 e. The second-order valence-electron chi connectivity index (χ2n) is 4.18. The second kappa shape index (κ2) is 4.65. The summed E-state index contributed by atoms with van der Waals surface area (Å²) in [4.78, 5) is 13.7. The van der Waals surface area contributed by atoms with Crippen molar-refractivity contribution < 1.29 is 14.1 Å². The zero-order valence-corrected chi connectivity index (χ0v) is 9.55. The van der Waals surface area contributed by atoms with E-state index in [4.69, 9.17) is 4.74 Å². The molecule has 0 bridgehead atoms. The number of aromatic nitrogens is 1. The molecule has 2 atom stereocenters. The van der Waals surface area contributed by atoms with E-state index in [1.807, 2.05) is 0 Å². The Labute approximate surface area is 94.3 Å². The zero-order chi connectivity index (χ0) is 11.5. The maximum Gasteiger partial charge on any atom is 0.276 e. The Morgan fingerprint density at radius 3 is 3.12 bits per heavy atom. The van der Waals surface area contributed by atoms with Crippen molar-refractivity contribution in [2.45, 2.75) is 19.4 Å². The first kappa shape index (κ1) is 11.1. The third-order valence-electron chi connectivity index (χ3n) is 3.14. The average Bonchev–Trinajstić information content (AvgIpc) is 2.82. The molecule has 5 nitrogen and oxygen atoms in total. The number of piperidine rings is 1. The average molecular weight is 224 g/mol. The van der Waals surface area contributed by atoms with Crippen LogP contribution >= 0.6 is 0 Å². The fraction of sp³-hybridized carbons (Fsp3) is 0.636. The number of nitrogens with zero attached hydrogens (tertiary/aromatic N) is 2. The molecule has 88 valence electrons. The number of hydrogen-bond donors (Lipinski definition) is 0. The van der Waals surface area contributed by atoms with Crippen LogP contribution in [0, 0.1) is 5.92 Å². The third-order valence-corrected chi connectivity index (χ3v) is 3.14. The SMILES string of the molecule is COC1CN(C(=O)c2ccon2)CCC1C. The van der Waals surface area contributed by atoms with Gasteiger partial charge in [0.15, 0.2) is 5.69 Å². The van der Waals surface area contributed by atoms with Crippen molar-refractivity contribution in [3.8, 4) is 0 Å². The molecule has 0 radical (unpaired) electrons. The minimum absolute atomic E-state index is 0.0808. The number of rotatable bonds is 2. The Hall–Kier alpha value is -1.36. The topological polar surface area (TPSA) is 55.6 Å². The van der Waals surface area contributed by atoms with Crippen LogP contribution in [0.1, 0.15) is 23.8 Å². The molecule has 1 fully saturated rings. The fourth-order valence-corrected chi connectivity index (χ4v) is 2.01. The molecule has 1 aliphatic rings. The normalized spacial score (nSPS) is 25.8. The smallest absolute Gasteiger partial charge is 0.276 e. The summed E-state index contributed by atoms with van der Waals surface area (Å²) in [7, 11) is 1.69. The highest BCUT2D eigenvalue weighted by Crippen LogP contribution is 2.20. The molecule has 1 aliphatic heterocycles. The standard InChI is InChI=1S/C11H16N2O3/c1-8-3-5-13(7-10(8)15-2)11(14)9-4-6-16-12-9/h4,6,8,10H,3,5,7H2,1-2H3. The number of carbonyl (C=O) groups is 1. The lowest BCUT2D eigenvalue weighted by Crippen LogP contribution is -2.46. The van der Waals surface area contributed by atoms with E-state index in [0.717, 1.165) is 13.0 Å². The molecule has 2 heterocycles. The zero-order valence-electron chi connectivity index (χ0n) is 9.55. The van der Waals surface area contributed by atoms with Gasteiger partial charge in [-0.3, -0.25) is 4.79 Å². The van der Waals surface area contributed by atoms with Gasteiger partial charge < -0.3 is 14.2 Å². The molecule has 0 spiro atoms. The van der Waals surface area contributed by atoms with Gasteiger partial charge in [-0.25, -0.2) is 0 Å². The highest BCUT2D eigenvalue weighted by atomic mass is 16.5. The molecule has 1 amide bonds. The van der Waals surface area contributed by atoms with E-state index in [0.29, 0.717) is 18.2 Å². The van der Waals surface area contributed by atoms with Crippen molar-refractivity contribution in [1.29, 1.82) is 0 Å². The monoisotopic (exact) mass is 224 g/mol. The summed E-state index contributed by atoms with van der Waals surface area (Å²) in [5.74, 6) is 0.411. The number of hydrogen-bond acceptors (Lipinski definition) is 4. The lowest BCUT2D eigenvalue weighted by molar-refractivity contribution is -0.00190. The van der Waals surface area contributed by atoms with Crippen LogP contribution in [-0.2, 0) is 4.74 Å². The maximum absolute atomic E-state index is 12.0. The Morgan fingerprint density at radius 2 is 2.50 bits per heavy atom. The predicted octanol–water partition coefficient (Wildman–Crippen LogP) is 1.17. The fourth-order valence-electron chi connectivity index (χ4n) is 2.01. The van der Waals surface area contributed by atoms with Gasteiger partial charge in [-0.1, -0.05) is 12.1 Å². The van der Waals surface area contributed by atoms with Crippen molar-refractivity contribution in [3.05, 3.63) is 18.0 Å². The predicted molar refractivity (Wildman–Crippen MR) is 57.0 cm³/mol. The van der Waals surface area contributed by atoms with Crippen molar-refractivity contribution >= 4 is 5.91 Å². The van der Waals surface area contributed by atoms with E-state index in [1.165, 1.54) is 6.26 Å². The Bertz CT molecular complexity index is 350. The minimum atomic E-state index is -0.0808. The molecule has 16 heavy (non-hydrogen) atoms. The summed E-state index contributed by atoms with van der Waals surface area (Å²) in [6.07, 6.45) is 2.49. The van der Waals surface area contributed by atoms with E-state index in [9.17, 15) is 4.79 Å². The van der Waals surface area contributed by atoms with Crippen LogP contribution < -0.4 is 0 Å². The number of likely N-dealkylation sites (tertiary alicyclic amines) is 1. The van der Waals surface area contributed by atoms with Crippen LogP contribution in [0.5, 0.6) is 0 Å². The van der Waals surface area contributed by atoms with Crippen LogP contribution in [0.15, 0.2) is 16.9 Å². The Balaban J connectivity index is 2.03. The first-order chi connectivity index (χ1) is 7.72. The molecule has 1 aromatic heterocycles. The van der Waals surface area contributed by atoms with Crippen molar-refractivity contribution in [2.75, 3.05) is 20.2 Å². The molecule has 0 aromatic carbocycles. The Kier molecular flexibility index (Phi) is 3.24. The summed E-state index contributed by atoms with van der Waals surface area (Å²) in [6, 6.07) is 1.59. The van der Waals surface area contributed by atoms with Gasteiger partial charge in [0, 0.05) is 26.3 Å². The van der Waals surface area contributed by atoms with Gasteiger partial charge in [-0.15, -0.1) is 0 Å². The van der Waals surface area contributed by atoms with Crippen molar-refractivity contribution in [2.24, 2.45) is 5.92 Å². The van der Waals surface area contributed by atoms with E-state index in [1.54, 1.807) is 18.1 Å². The van der Waals surface area contributed by atoms with E-state index in [2.05, 4.69) is 16.6 Å². The minimum Gasteiger partial charge on any atom is -0.379 e. The molecule has 2 unspecified atom stereocenters. The van der Waals surface area contributed by atoms with E-state index < -0.39 is 0 Å². The number of amides is 1. The number of ether oxygens (including phenoxy) is 1. The van der Waals surface area contributed by atoms with Gasteiger partial charge in [-0.2, -0.15) is 0 Å². The summed E-state index contributed by atoms with van der Waals surface area (Å²) in [5.41, 5.74) is 0.365. The molecule has 1 saturated heterocycles. The molecule has 0 aliphatic carbocycles. The summed E-state index contributed by atoms with van der Waals surface area (Å²) < 4.78 is 10.0. The maximum atomic E-state index is 12.0. The Morgan fingerprint density at radius 1 is 1.69 bits per heavy atom. The van der Waals surface area contributed by atoms with Gasteiger partial charge in [0.2, 0.25) is 0 Å². The van der Waals surface area contributed by atoms with Gasteiger partial charge in [0.05, 0.1) is 6.10 Å². The third kappa shape index (κ3) is 2.09. The van der Waals surface area contributed by atoms with Crippen LogP contribution in [0.25, 0.3) is 0 Å². The van der Waals surface area contributed by atoms with Gasteiger partial charge in [0.25, 0.3) is 5.91 Å². The molecule has 0 N–H and O–H groups in total. The van der Waals surface area contributed by atoms with Crippen molar-refractivity contribution in [1.82, 2.24) is 10.1 Å². The molecule has 1 aromatic rings. The molecule has 2 rings (SSSR count). The summed E-state index contributed by atoms with van der Waals surface area (Å²) >= 11 is 0. The number of methoxy groups -OCH3 is 1. The highest BCUT2D eigenvalue weighted by molar-refractivity contribution is 5.92. The van der Waals surface area contributed by atoms with Crippen LogP contribution in [-0.4, -0.2) is 42.3 Å². The highest BCUT2D eigenvalue weighted by Gasteiger charge is 2.30. The summed E-state index contributed by atoms with van der Waals surface area (Å²) in [5, 5.41) is 3.65. The number of carbonyl (C=O) groups excluding carboxylic acids is 1. The van der Waals surface area contributed by atoms with Crippen LogP contribution in [0.2, 0.25) is 0 Å². The van der Waals surface area contributed by atoms with Crippen molar-refractivity contribution in [3.63, 3.8) is 0 Å². The lowest BCUT2D eigenvalue weighted by Gasteiger charge is -2.35. The first-order valence-electron chi connectivity index (χ1n) is 5.45. The van der Waals surface area contributed by atoms with Gasteiger partial charge >= 0.3 is 0 Å². The van der Waals surface area contributed by atoms with E-state index >= 15 is 0 Å². The van der Waals surface area contributed by atoms with Crippen LogP contribution in [0.3, 0.4) is 0 Å². The second-order valence-corrected chi connectivity index (χ2v) is 4.18. The molecule has 5 heteroatoms. The van der Waals surface area contributed by atoms with E-state index in [-0.39, 0.29) is 12.0 Å². The first-order valence-corrected chi connectivity index (χ1v) is 5.45. The molecular formula is C11H16N2O3. The molecular weight excluding hydrogens is 208 g/mol. The quantitative estimate of drug-likeness (QED) is 0.756. The lowest BCUT2D eigenvalue weighted by atomic mass is 9.95. The van der Waals surface area contributed by atoms with Crippen LogP contribution in [0.4, 0.5) is 0 Å². The van der Waals surface area contributed by atoms with Gasteiger partial charge in [-0.05, 0) is 12.3 Å². The summed E-state index contributed by atoms with van der Waals surface area (Å²) in [6.45, 7) is 3.53. The molecule has 0 saturated carbocycles. The van der Waals surface area contributed by atoms with Gasteiger partial charge in [0.1, 0.15) is 6.26 Å².